The van der Waals surface area contributed by atoms with Crippen LogP contribution in [0.4, 0.5) is 5.69 Å². The third-order valence-electron chi connectivity index (χ3n) is 5.08. The van der Waals surface area contributed by atoms with Crippen LogP contribution in [-0.4, -0.2) is 16.9 Å². The van der Waals surface area contributed by atoms with E-state index in [-0.39, 0.29) is 11.8 Å². The van der Waals surface area contributed by atoms with Gasteiger partial charge in [0.25, 0.3) is 0 Å². The third-order valence-corrected chi connectivity index (χ3v) is 5.08. The maximum Gasteiger partial charge on any atom is 0.227 e. The Morgan fingerprint density at radius 3 is 2.70 bits per heavy atom. The van der Waals surface area contributed by atoms with Crippen molar-refractivity contribution in [1.82, 2.24) is 4.98 Å². The summed E-state index contributed by atoms with van der Waals surface area (Å²) < 4.78 is 0. The molecule has 2 bridgehead atoms. The highest BCUT2D eigenvalue weighted by Gasteiger charge is 2.40. The number of nitrogens with one attached hydrogen (secondary N) is 1. The number of aryl methyl sites for hydroxylation is 1. The zero-order chi connectivity index (χ0) is 14.1. The highest BCUT2D eigenvalue weighted by molar-refractivity contribution is 5.93. The van der Waals surface area contributed by atoms with Crippen molar-refractivity contribution < 1.29 is 4.79 Å². The molecule has 2 unspecified atom stereocenters. The quantitative estimate of drug-likeness (QED) is 0.870. The van der Waals surface area contributed by atoms with Gasteiger partial charge in [0.1, 0.15) is 0 Å². The normalized spacial score (nSPS) is 32.7. The van der Waals surface area contributed by atoms with Crippen LogP contribution in [0.5, 0.6) is 0 Å². The van der Waals surface area contributed by atoms with Gasteiger partial charge in [0.05, 0.1) is 11.9 Å². The fraction of sp³-hybridized carbons (Fsp3) is 0.625. The third kappa shape index (κ3) is 2.57. The zero-order valence-electron chi connectivity index (χ0n) is 12.0. The number of carbonyl (C=O) groups is 1. The highest BCUT2D eigenvalue weighted by Crippen LogP contribution is 2.42. The summed E-state index contributed by atoms with van der Waals surface area (Å²) in [6.45, 7) is 1.99. The van der Waals surface area contributed by atoms with Crippen molar-refractivity contribution in [2.75, 3.05) is 5.32 Å². The second-order valence-corrected chi connectivity index (χ2v) is 6.38. The van der Waals surface area contributed by atoms with E-state index in [2.05, 4.69) is 10.3 Å². The van der Waals surface area contributed by atoms with Gasteiger partial charge in [0, 0.05) is 18.2 Å². The van der Waals surface area contributed by atoms with Crippen LogP contribution in [0.2, 0.25) is 0 Å². The van der Waals surface area contributed by atoms with Crippen molar-refractivity contribution in [3.8, 4) is 0 Å². The summed E-state index contributed by atoms with van der Waals surface area (Å²) in [6.07, 6.45) is 9.02. The van der Waals surface area contributed by atoms with E-state index in [9.17, 15) is 4.79 Å². The first-order valence-corrected chi connectivity index (χ1v) is 7.62. The molecule has 4 heteroatoms. The lowest BCUT2D eigenvalue weighted by Crippen LogP contribution is -2.48. The Morgan fingerprint density at radius 1 is 1.35 bits per heavy atom. The first-order chi connectivity index (χ1) is 9.65. The second kappa shape index (κ2) is 5.52. The minimum absolute atomic E-state index is 0.115. The van der Waals surface area contributed by atoms with Gasteiger partial charge in [0.15, 0.2) is 0 Å². The van der Waals surface area contributed by atoms with Gasteiger partial charge in [-0.3, -0.25) is 9.78 Å². The lowest BCUT2D eigenvalue weighted by molar-refractivity contribution is -0.122. The molecule has 2 fully saturated rings. The van der Waals surface area contributed by atoms with Crippen molar-refractivity contribution in [2.45, 2.75) is 45.1 Å². The molecule has 2 saturated carbocycles. The van der Waals surface area contributed by atoms with E-state index in [1.54, 1.807) is 12.4 Å². The molecule has 2 atom stereocenters. The summed E-state index contributed by atoms with van der Waals surface area (Å²) in [5.74, 6) is 1.33. The topological polar surface area (TPSA) is 68.0 Å². The molecule has 0 aromatic carbocycles. The van der Waals surface area contributed by atoms with Crippen LogP contribution in [0.25, 0.3) is 0 Å². The Morgan fingerprint density at radius 2 is 2.05 bits per heavy atom. The largest absolute Gasteiger partial charge is 0.327 e. The Kier molecular flexibility index (Phi) is 3.74. The van der Waals surface area contributed by atoms with Crippen LogP contribution in [0.15, 0.2) is 18.5 Å². The number of rotatable bonds is 2. The van der Waals surface area contributed by atoms with E-state index in [0.29, 0.717) is 17.9 Å². The lowest BCUT2D eigenvalue weighted by atomic mass is 9.65. The number of hydrogen-bond donors (Lipinski definition) is 2. The van der Waals surface area contributed by atoms with Gasteiger partial charge in [0.2, 0.25) is 5.91 Å². The molecular formula is C16H23N3O. The Bertz CT molecular complexity index is 488. The number of aromatic nitrogens is 1. The van der Waals surface area contributed by atoms with Crippen LogP contribution in [0.3, 0.4) is 0 Å². The number of nitrogens with two attached hydrogens (primary N) is 1. The Labute approximate surface area is 120 Å². The molecule has 1 aromatic heterocycles. The Balaban J connectivity index is 1.68. The van der Waals surface area contributed by atoms with Crippen molar-refractivity contribution >= 4 is 11.6 Å². The molecule has 1 aromatic rings. The fourth-order valence-corrected chi connectivity index (χ4v) is 3.83. The van der Waals surface area contributed by atoms with Gasteiger partial charge in [-0.2, -0.15) is 0 Å². The van der Waals surface area contributed by atoms with Gasteiger partial charge in [-0.1, -0.05) is 6.42 Å². The minimum atomic E-state index is 0.115. The van der Waals surface area contributed by atoms with Gasteiger partial charge < -0.3 is 11.1 Å². The molecule has 3 rings (SSSR count). The predicted octanol–water partition coefficient (Wildman–Crippen LogP) is 2.48. The van der Waals surface area contributed by atoms with Crippen LogP contribution in [0.1, 0.15) is 37.7 Å². The summed E-state index contributed by atoms with van der Waals surface area (Å²) >= 11 is 0. The molecule has 4 nitrogen and oxygen atoms in total. The van der Waals surface area contributed by atoms with E-state index in [0.717, 1.165) is 24.1 Å². The van der Waals surface area contributed by atoms with Crippen LogP contribution in [0, 0.1) is 24.7 Å². The van der Waals surface area contributed by atoms with Gasteiger partial charge in [-0.05, 0) is 56.1 Å². The van der Waals surface area contributed by atoms with Crippen molar-refractivity contribution in [3.63, 3.8) is 0 Å². The molecule has 1 heterocycles. The number of pyridine rings is 1. The van der Waals surface area contributed by atoms with Crippen molar-refractivity contribution in [2.24, 2.45) is 23.5 Å². The molecule has 2 aliphatic carbocycles. The standard InChI is InChI=1S/C16H23N3O/c1-10-5-6-18-9-14(10)19-16(20)13-7-11-3-2-4-12(8-13)15(11)17/h5-6,9,11-13,15H,2-4,7-8,17H2,1H3,(H,19,20). The predicted molar refractivity (Wildman–Crippen MR) is 79.1 cm³/mol. The molecule has 2 aliphatic rings. The highest BCUT2D eigenvalue weighted by atomic mass is 16.1. The number of anilines is 1. The average Bonchev–Trinajstić information content (AvgIpc) is 2.41. The number of fused-ring (bicyclic) bond motifs is 2. The number of nitrogens with zero attached hydrogens (tertiary/aromatic N) is 1. The van der Waals surface area contributed by atoms with Gasteiger partial charge >= 0.3 is 0 Å². The molecule has 20 heavy (non-hydrogen) atoms. The molecule has 0 radical (unpaired) electrons. The zero-order valence-corrected chi connectivity index (χ0v) is 12.0. The maximum atomic E-state index is 12.5. The molecule has 3 N–H and O–H groups in total. The molecule has 108 valence electrons. The summed E-state index contributed by atoms with van der Waals surface area (Å²) in [6, 6.07) is 2.23. The summed E-state index contributed by atoms with van der Waals surface area (Å²) in [5.41, 5.74) is 8.17. The summed E-state index contributed by atoms with van der Waals surface area (Å²) in [4.78, 5) is 16.6. The minimum Gasteiger partial charge on any atom is -0.327 e. The first-order valence-electron chi connectivity index (χ1n) is 7.62. The molecule has 1 amide bonds. The van der Waals surface area contributed by atoms with Crippen LogP contribution in [-0.2, 0) is 4.79 Å². The van der Waals surface area contributed by atoms with Gasteiger partial charge in [-0.15, -0.1) is 0 Å². The lowest BCUT2D eigenvalue weighted by Gasteiger charge is -2.43. The fourth-order valence-electron chi connectivity index (χ4n) is 3.83. The monoisotopic (exact) mass is 273 g/mol. The number of amides is 1. The van der Waals surface area contributed by atoms with E-state index in [1.807, 2.05) is 13.0 Å². The molecule has 0 saturated heterocycles. The summed E-state index contributed by atoms with van der Waals surface area (Å²) in [7, 11) is 0. The molecular weight excluding hydrogens is 250 g/mol. The van der Waals surface area contributed by atoms with E-state index in [4.69, 9.17) is 5.73 Å². The SMILES string of the molecule is Cc1ccncc1NC(=O)C1CC2CCCC(C1)C2N. The molecule has 0 aliphatic heterocycles. The van der Waals surface area contributed by atoms with Gasteiger partial charge in [-0.25, -0.2) is 0 Å². The van der Waals surface area contributed by atoms with E-state index >= 15 is 0 Å². The second-order valence-electron chi connectivity index (χ2n) is 6.38. The Hall–Kier alpha value is -1.42. The molecule has 0 spiro atoms. The average molecular weight is 273 g/mol. The smallest absolute Gasteiger partial charge is 0.227 e. The van der Waals surface area contributed by atoms with Crippen LogP contribution < -0.4 is 11.1 Å². The number of carbonyl (C=O) groups excluding carboxylic acids is 1. The van der Waals surface area contributed by atoms with E-state index in [1.165, 1.54) is 19.3 Å². The van der Waals surface area contributed by atoms with Crippen molar-refractivity contribution in [1.29, 1.82) is 0 Å². The number of hydrogen-bond acceptors (Lipinski definition) is 3. The van der Waals surface area contributed by atoms with E-state index < -0.39 is 0 Å². The van der Waals surface area contributed by atoms with Crippen LogP contribution >= 0.6 is 0 Å². The summed E-state index contributed by atoms with van der Waals surface area (Å²) in [5, 5.41) is 3.04. The maximum absolute atomic E-state index is 12.5. The van der Waals surface area contributed by atoms with Crippen molar-refractivity contribution in [3.05, 3.63) is 24.0 Å². The first kappa shape index (κ1) is 13.6.